The van der Waals surface area contributed by atoms with Gasteiger partial charge in [0.15, 0.2) is 0 Å². The molecule has 6 heteroatoms. The van der Waals surface area contributed by atoms with E-state index in [2.05, 4.69) is 29.0 Å². The molecule has 6 nitrogen and oxygen atoms in total. The van der Waals surface area contributed by atoms with Gasteiger partial charge in [0.05, 0.1) is 6.10 Å². The van der Waals surface area contributed by atoms with Crippen molar-refractivity contribution in [2.24, 2.45) is 11.1 Å². The number of hydrogen-bond donors (Lipinski definition) is 1. The van der Waals surface area contributed by atoms with Crippen molar-refractivity contribution in [2.45, 2.75) is 38.8 Å². The van der Waals surface area contributed by atoms with Crippen molar-refractivity contribution in [1.82, 2.24) is 15.1 Å². The first-order chi connectivity index (χ1) is 9.99. The highest BCUT2D eigenvalue weighted by atomic mass is 16.5. The Hall–Kier alpha value is -1.79. The Morgan fingerprint density at radius 2 is 2.10 bits per heavy atom. The summed E-state index contributed by atoms with van der Waals surface area (Å²) < 4.78 is 11.1. The zero-order valence-electron chi connectivity index (χ0n) is 12.5. The van der Waals surface area contributed by atoms with Gasteiger partial charge in [-0.25, -0.2) is 0 Å². The molecule has 0 radical (unpaired) electrons. The Bertz CT molecular complexity index is 626. The summed E-state index contributed by atoms with van der Waals surface area (Å²) in [5, 5.41) is 4.04. The minimum absolute atomic E-state index is 0.115. The van der Waals surface area contributed by atoms with Gasteiger partial charge in [0.1, 0.15) is 5.54 Å². The van der Waals surface area contributed by atoms with Gasteiger partial charge >= 0.3 is 0 Å². The zero-order valence-corrected chi connectivity index (χ0v) is 12.5. The van der Waals surface area contributed by atoms with Crippen LogP contribution in [0.2, 0.25) is 0 Å². The maximum Gasteiger partial charge on any atom is 0.247 e. The summed E-state index contributed by atoms with van der Waals surface area (Å²) >= 11 is 0. The van der Waals surface area contributed by atoms with E-state index in [1.165, 1.54) is 0 Å². The third kappa shape index (κ3) is 2.06. The molecular formula is C15H20N4O2. The van der Waals surface area contributed by atoms with Crippen LogP contribution in [0.5, 0.6) is 0 Å². The van der Waals surface area contributed by atoms with Gasteiger partial charge in [0.25, 0.3) is 0 Å². The number of rotatable bonds is 4. The van der Waals surface area contributed by atoms with Gasteiger partial charge in [-0.05, 0) is 19.1 Å². The fraction of sp³-hybridized carbons (Fsp3) is 0.533. The molecule has 2 unspecified atom stereocenters. The molecule has 0 aromatic carbocycles. The molecule has 0 spiro atoms. The molecule has 0 aliphatic heterocycles. The SMILES string of the molecule is CCOC1CC(N)(c2nc(-c3ccncc3)no2)C1(C)C. The van der Waals surface area contributed by atoms with Crippen LogP contribution in [0.3, 0.4) is 0 Å². The number of aromatic nitrogens is 3. The highest BCUT2D eigenvalue weighted by Crippen LogP contribution is 2.55. The molecule has 0 amide bonds. The van der Waals surface area contributed by atoms with E-state index < -0.39 is 5.54 Å². The van der Waals surface area contributed by atoms with Crippen LogP contribution < -0.4 is 5.73 Å². The van der Waals surface area contributed by atoms with Crippen molar-refractivity contribution in [2.75, 3.05) is 6.61 Å². The Balaban J connectivity index is 1.87. The van der Waals surface area contributed by atoms with Crippen LogP contribution in [0.4, 0.5) is 0 Å². The van der Waals surface area contributed by atoms with Crippen LogP contribution in [-0.4, -0.2) is 27.8 Å². The third-order valence-corrected chi connectivity index (χ3v) is 4.58. The molecule has 2 aromatic rings. The van der Waals surface area contributed by atoms with E-state index >= 15 is 0 Å². The molecule has 2 heterocycles. The van der Waals surface area contributed by atoms with Gasteiger partial charge in [-0.1, -0.05) is 19.0 Å². The normalized spacial score (nSPS) is 27.3. The standard InChI is InChI=1S/C15H20N4O2/c1-4-20-11-9-15(16,14(11,2)3)13-18-12(19-21-13)10-5-7-17-8-6-10/h5-8,11H,4,9,16H2,1-3H3. The van der Waals surface area contributed by atoms with E-state index in [1.54, 1.807) is 12.4 Å². The average Bonchev–Trinajstić information content (AvgIpc) is 2.98. The fourth-order valence-electron chi connectivity index (χ4n) is 2.82. The summed E-state index contributed by atoms with van der Waals surface area (Å²) in [5.74, 6) is 1.00. The predicted molar refractivity (Wildman–Crippen MR) is 77.2 cm³/mol. The highest BCUT2D eigenvalue weighted by Gasteiger charge is 2.62. The number of nitrogens with two attached hydrogens (primary N) is 1. The second kappa shape index (κ2) is 4.89. The van der Waals surface area contributed by atoms with Crippen LogP contribution in [0.1, 0.15) is 33.1 Å². The molecule has 2 aromatic heterocycles. The third-order valence-electron chi connectivity index (χ3n) is 4.58. The van der Waals surface area contributed by atoms with Crippen molar-refractivity contribution < 1.29 is 9.26 Å². The topological polar surface area (TPSA) is 87.1 Å². The number of hydrogen-bond acceptors (Lipinski definition) is 6. The van der Waals surface area contributed by atoms with Gasteiger partial charge in [0, 0.05) is 36.4 Å². The molecule has 1 fully saturated rings. The highest BCUT2D eigenvalue weighted by molar-refractivity contribution is 5.52. The summed E-state index contributed by atoms with van der Waals surface area (Å²) in [5.41, 5.74) is 6.50. The van der Waals surface area contributed by atoms with Gasteiger partial charge in [0.2, 0.25) is 11.7 Å². The molecule has 1 saturated carbocycles. The zero-order chi connectivity index (χ0) is 15.1. The van der Waals surface area contributed by atoms with E-state index in [0.29, 0.717) is 24.7 Å². The Morgan fingerprint density at radius 3 is 2.71 bits per heavy atom. The summed E-state index contributed by atoms with van der Waals surface area (Å²) in [4.78, 5) is 8.46. The number of ether oxygens (including phenoxy) is 1. The van der Waals surface area contributed by atoms with E-state index in [9.17, 15) is 0 Å². The molecule has 0 bridgehead atoms. The summed E-state index contributed by atoms with van der Waals surface area (Å²) in [6.07, 6.45) is 4.19. The van der Waals surface area contributed by atoms with Crippen molar-refractivity contribution in [1.29, 1.82) is 0 Å². The lowest BCUT2D eigenvalue weighted by molar-refractivity contribution is -0.162. The maximum absolute atomic E-state index is 6.53. The summed E-state index contributed by atoms with van der Waals surface area (Å²) in [6.45, 7) is 6.82. The van der Waals surface area contributed by atoms with Gasteiger partial charge < -0.3 is 15.0 Å². The number of pyridine rings is 1. The smallest absolute Gasteiger partial charge is 0.247 e. The van der Waals surface area contributed by atoms with Crippen molar-refractivity contribution in [3.05, 3.63) is 30.4 Å². The molecule has 1 aliphatic rings. The molecular weight excluding hydrogens is 268 g/mol. The van der Waals surface area contributed by atoms with E-state index in [0.717, 1.165) is 5.56 Å². The van der Waals surface area contributed by atoms with Crippen molar-refractivity contribution in [3.8, 4) is 11.4 Å². The van der Waals surface area contributed by atoms with Crippen molar-refractivity contribution >= 4 is 0 Å². The number of nitrogens with zero attached hydrogens (tertiary/aromatic N) is 3. The first kappa shape index (κ1) is 14.2. The van der Waals surface area contributed by atoms with Gasteiger partial charge in [-0.3, -0.25) is 4.98 Å². The van der Waals surface area contributed by atoms with E-state index in [-0.39, 0.29) is 11.5 Å². The lowest BCUT2D eigenvalue weighted by Gasteiger charge is -2.56. The molecule has 2 atom stereocenters. The van der Waals surface area contributed by atoms with Crippen LogP contribution in [0.15, 0.2) is 29.0 Å². The van der Waals surface area contributed by atoms with Crippen LogP contribution in [-0.2, 0) is 10.3 Å². The maximum atomic E-state index is 6.53. The molecule has 0 saturated heterocycles. The van der Waals surface area contributed by atoms with E-state index in [1.807, 2.05) is 19.1 Å². The van der Waals surface area contributed by atoms with Crippen LogP contribution in [0.25, 0.3) is 11.4 Å². The van der Waals surface area contributed by atoms with Crippen molar-refractivity contribution in [3.63, 3.8) is 0 Å². The quantitative estimate of drug-likeness (QED) is 0.927. The average molecular weight is 288 g/mol. The van der Waals surface area contributed by atoms with Crippen LogP contribution >= 0.6 is 0 Å². The van der Waals surface area contributed by atoms with E-state index in [4.69, 9.17) is 15.0 Å². The van der Waals surface area contributed by atoms with Gasteiger partial charge in [-0.2, -0.15) is 4.98 Å². The monoisotopic (exact) mass is 288 g/mol. The van der Waals surface area contributed by atoms with Gasteiger partial charge in [-0.15, -0.1) is 0 Å². The first-order valence-corrected chi connectivity index (χ1v) is 7.14. The molecule has 2 N–H and O–H groups in total. The minimum atomic E-state index is -0.648. The van der Waals surface area contributed by atoms with Crippen LogP contribution in [0, 0.1) is 5.41 Å². The second-order valence-electron chi connectivity index (χ2n) is 6.00. The molecule has 3 rings (SSSR count). The fourth-order valence-corrected chi connectivity index (χ4v) is 2.82. The Kier molecular flexibility index (Phi) is 3.30. The molecule has 21 heavy (non-hydrogen) atoms. The minimum Gasteiger partial charge on any atom is -0.378 e. The molecule has 112 valence electrons. The summed E-state index contributed by atoms with van der Waals surface area (Å²) in [6, 6.07) is 3.68. The second-order valence-corrected chi connectivity index (χ2v) is 6.00. The lowest BCUT2D eigenvalue weighted by atomic mass is 9.54. The Labute approximate surface area is 123 Å². The first-order valence-electron chi connectivity index (χ1n) is 7.14. The summed E-state index contributed by atoms with van der Waals surface area (Å²) in [7, 11) is 0. The predicted octanol–water partition coefficient (Wildman–Crippen LogP) is 2.12. The molecule has 1 aliphatic carbocycles. The Morgan fingerprint density at radius 1 is 1.38 bits per heavy atom. The largest absolute Gasteiger partial charge is 0.378 e. The lowest BCUT2D eigenvalue weighted by Crippen LogP contribution is -2.67.